The highest BCUT2D eigenvalue weighted by Crippen LogP contribution is 2.30. The first kappa shape index (κ1) is 15.3. The summed E-state index contributed by atoms with van der Waals surface area (Å²) < 4.78 is 2.34. The summed E-state index contributed by atoms with van der Waals surface area (Å²) in [5.74, 6) is 0.0351. The minimum atomic E-state index is 0.0351. The number of allylic oxidation sites excluding steroid dienone is 1. The third-order valence-corrected chi connectivity index (χ3v) is 4.03. The SMILES string of the molecule is CCCn1c2ccccc2c2cc(C(=O)/C=C/N(C)C)ccc21. The monoisotopic (exact) mass is 306 g/mol. The van der Waals surface area contributed by atoms with Crippen LogP contribution in [0.3, 0.4) is 0 Å². The predicted molar refractivity (Wildman–Crippen MR) is 96.9 cm³/mol. The van der Waals surface area contributed by atoms with E-state index in [4.69, 9.17) is 0 Å². The molecule has 23 heavy (non-hydrogen) atoms. The van der Waals surface area contributed by atoms with Crippen LogP contribution < -0.4 is 0 Å². The fourth-order valence-corrected chi connectivity index (χ4v) is 2.98. The third kappa shape index (κ3) is 2.87. The van der Waals surface area contributed by atoms with Crippen molar-refractivity contribution in [3.05, 3.63) is 60.3 Å². The molecule has 3 nitrogen and oxygen atoms in total. The number of ketones is 1. The average Bonchev–Trinajstić information content (AvgIpc) is 2.87. The molecule has 0 radical (unpaired) electrons. The smallest absolute Gasteiger partial charge is 0.187 e. The Labute approximate surface area is 136 Å². The van der Waals surface area contributed by atoms with Crippen LogP contribution in [0.1, 0.15) is 23.7 Å². The molecule has 3 aromatic rings. The van der Waals surface area contributed by atoms with Gasteiger partial charge in [0.25, 0.3) is 0 Å². The van der Waals surface area contributed by atoms with E-state index in [2.05, 4.69) is 41.8 Å². The first-order chi connectivity index (χ1) is 11.1. The van der Waals surface area contributed by atoms with Crippen LogP contribution in [0.2, 0.25) is 0 Å². The summed E-state index contributed by atoms with van der Waals surface area (Å²) >= 11 is 0. The maximum absolute atomic E-state index is 12.3. The van der Waals surface area contributed by atoms with Crippen molar-refractivity contribution in [1.82, 2.24) is 9.47 Å². The summed E-state index contributed by atoms with van der Waals surface area (Å²) in [6, 6.07) is 14.4. The van der Waals surface area contributed by atoms with Crippen molar-refractivity contribution >= 4 is 27.6 Å². The fraction of sp³-hybridized carbons (Fsp3) is 0.250. The van der Waals surface area contributed by atoms with Crippen molar-refractivity contribution in [2.45, 2.75) is 19.9 Å². The molecule has 2 aromatic carbocycles. The zero-order valence-electron chi connectivity index (χ0n) is 13.9. The number of hydrogen-bond acceptors (Lipinski definition) is 2. The topological polar surface area (TPSA) is 25.2 Å². The molecule has 1 heterocycles. The Morgan fingerprint density at radius 2 is 1.83 bits per heavy atom. The first-order valence-electron chi connectivity index (χ1n) is 8.01. The second-order valence-electron chi connectivity index (χ2n) is 6.04. The Hall–Kier alpha value is -2.55. The lowest BCUT2D eigenvalue weighted by atomic mass is 10.1. The van der Waals surface area contributed by atoms with Crippen molar-refractivity contribution < 1.29 is 4.79 Å². The minimum absolute atomic E-state index is 0.0351. The van der Waals surface area contributed by atoms with Crippen molar-refractivity contribution in [3.8, 4) is 0 Å². The summed E-state index contributed by atoms with van der Waals surface area (Å²) in [5, 5.41) is 2.36. The van der Waals surface area contributed by atoms with Crippen LogP contribution in [0.5, 0.6) is 0 Å². The summed E-state index contributed by atoms with van der Waals surface area (Å²) in [5.41, 5.74) is 3.16. The van der Waals surface area contributed by atoms with E-state index < -0.39 is 0 Å². The van der Waals surface area contributed by atoms with Gasteiger partial charge < -0.3 is 9.47 Å². The third-order valence-electron chi connectivity index (χ3n) is 4.03. The average molecular weight is 306 g/mol. The molecule has 0 aliphatic rings. The van der Waals surface area contributed by atoms with E-state index in [1.165, 1.54) is 16.4 Å². The molecular formula is C20H22N2O. The Balaban J connectivity index is 2.16. The Bertz CT molecular complexity index is 887. The van der Waals surface area contributed by atoms with Crippen LogP contribution >= 0.6 is 0 Å². The van der Waals surface area contributed by atoms with E-state index >= 15 is 0 Å². The number of para-hydroxylation sites is 1. The van der Waals surface area contributed by atoms with E-state index in [0.717, 1.165) is 23.9 Å². The molecule has 0 bridgehead atoms. The molecule has 0 N–H and O–H groups in total. The van der Waals surface area contributed by atoms with Gasteiger partial charge in [-0.05, 0) is 30.7 Å². The van der Waals surface area contributed by atoms with Crippen LogP contribution in [-0.2, 0) is 6.54 Å². The number of fused-ring (bicyclic) bond motifs is 3. The highest BCUT2D eigenvalue weighted by Gasteiger charge is 2.12. The molecule has 0 aliphatic carbocycles. The van der Waals surface area contributed by atoms with Gasteiger partial charge in [0.1, 0.15) is 0 Å². The molecule has 3 rings (SSSR count). The van der Waals surface area contributed by atoms with Gasteiger partial charge in [0.2, 0.25) is 0 Å². The lowest BCUT2D eigenvalue weighted by molar-refractivity contribution is 0.104. The van der Waals surface area contributed by atoms with E-state index in [9.17, 15) is 4.79 Å². The van der Waals surface area contributed by atoms with Gasteiger partial charge in [0, 0.05) is 60.3 Å². The van der Waals surface area contributed by atoms with Gasteiger partial charge in [0.15, 0.2) is 5.78 Å². The van der Waals surface area contributed by atoms with Crippen molar-refractivity contribution in [2.75, 3.05) is 14.1 Å². The molecular weight excluding hydrogens is 284 g/mol. The second-order valence-corrected chi connectivity index (χ2v) is 6.04. The van der Waals surface area contributed by atoms with Gasteiger partial charge in [0.05, 0.1) is 0 Å². The molecule has 0 saturated carbocycles. The molecule has 0 atom stereocenters. The van der Waals surface area contributed by atoms with E-state index in [1.54, 1.807) is 12.3 Å². The molecule has 1 aromatic heterocycles. The number of hydrogen-bond donors (Lipinski definition) is 0. The molecule has 0 aliphatic heterocycles. The number of nitrogens with zero attached hydrogens (tertiary/aromatic N) is 2. The normalized spacial score (nSPS) is 11.6. The standard InChI is InChI=1S/C20H22N2O/c1-4-12-22-18-8-6-5-7-16(18)17-14-15(9-10-19(17)22)20(23)11-13-21(2)3/h5-11,13-14H,4,12H2,1-3H3/b13-11+. The highest BCUT2D eigenvalue weighted by atomic mass is 16.1. The number of carbonyl (C=O) groups excluding carboxylic acids is 1. The minimum Gasteiger partial charge on any atom is -0.383 e. The predicted octanol–water partition coefficient (Wildman–Crippen LogP) is 4.46. The van der Waals surface area contributed by atoms with Crippen molar-refractivity contribution in [3.63, 3.8) is 0 Å². The zero-order valence-corrected chi connectivity index (χ0v) is 13.9. The number of carbonyl (C=O) groups is 1. The number of rotatable bonds is 5. The van der Waals surface area contributed by atoms with E-state index in [1.807, 2.05) is 31.1 Å². The van der Waals surface area contributed by atoms with Crippen LogP contribution in [0.25, 0.3) is 21.8 Å². The Kier molecular flexibility index (Phi) is 4.20. The van der Waals surface area contributed by atoms with Crippen molar-refractivity contribution in [2.24, 2.45) is 0 Å². The largest absolute Gasteiger partial charge is 0.383 e. The summed E-state index contributed by atoms with van der Waals surface area (Å²) in [7, 11) is 3.82. The molecule has 0 spiro atoms. The van der Waals surface area contributed by atoms with E-state index in [0.29, 0.717) is 0 Å². The molecule has 0 saturated heterocycles. The number of aromatic nitrogens is 1. The van der Waals surface area contributed by atoms with Gasteiger partial charge in [-0.3, -0.25) is 4.79 Å². The molecule has 0 fully saturated rings. The van der Waals surface area contributed by atoms with Gasteiger partial charge in [-0.15, -0.1) is 0 Å². The maximum Gasteiger partial charge on any atom is 0.187 e. The maximum atomic E-state index is 12.3. The van der Waals surface area contributed by atoms with Gasteiger partial charge in [-0.2, -0.15) is 0 Å². The molecule has 0 amide bonds. The number of aryl methyl sites for hydroxylation is 1. The van der Waals surface area contributed by atoms with Crippen LogP contribution in [0.4, 0.5) is 0 Å². The summed E-state index contributed by atoms with van der Waals surface area (Å²) in [4.78, 5) is 14.2. The van der Waals surface area contributed by atoms with Gasteiger partial charge in [-0.1, -0.05) is 25.1 Å². The molecule has 118 valence electrons. The first-order valence-corrected chi connectivity index (χ1v) is 8.01. The summed E-state index contributed by atoms with van der Waals surface area (Å²) in [6.07, 6.45) is 4.49. The van der Waals surface area contributed by atoms with Crippen LogP contribution in [0, 0.1) is 0 Å². The van der Waals surface area contributed by atoms with E-state index in [-0.39, 0.29) is 5.78 Å². The zero-order chi connectivity index (χ0) is 16.4. The number of benzene rings is 2. The van der Waals surface area contributed by atoms with Crippen LogP contribution in [-0.4, -0.2) is 29.3 Å². The van der Waals surface area contributed by atoms with Crippen LogP contribution in [0.15, 0.2) is 54.7 Å². The van der Waals surface area contributed by atoms with Crippen molar-refractivity contribution in [1.29, 1.82) is 0 Å². The summed E-state index contributed by atoms with van der Waals surface area (Å²) in [6.45, 7) is 3.17. The molecule has 3 heteroatoms. The fourth-order valence-electron chi connectivity index (χ4n) is 2.98. The Morgan fingerprint density at radius 3 is 2.57 bits per heavy atom. The highest BCUT2D eigenvalue weighted by molar-refractivity contribution is 6.12. The molecule has 0 unspecified atom stereocenters. The lowest BCUT2D eigenvalue weighted by Crippen LogP contribution is -2.03. The Morgan fingerprint density at radius 1 is 1.09 bits per heavy atom. The van der Waals surface area contributed by atoms with Gasteiger partial charge in [-0.25, -0.2) is 0 Å². The quantitative estimate of drug-likeness (QED) is 0.513. The van der Waals surface area contributed by atoms with Gasteiger partial charge >= 0.3 is 0 Å². The second kappa shape index (κ2) is 6.29. The lowest BCUT2D eigenvalue weighted by Gasteiger charge is -2.05.